The maximum absolute atomic E-state index is 12.8. The molecule has 0 spiro atoms. The van der Waals surface area contributed by atoms with Crippen LogP contribution in [0.25, 0.3) is 110 Å². The summed E-state index contributed by atoms with van der Waals surface area (Å²) < 4.78 is 121. The second-order valence-electron chi connectivity index (χ2n) is 21.9. The van der Waals surface area contributed by atoms with Crippen molar-refractivity contribution in [2.75, 3.05) is 28.4 Å². The maximum Gasteiger partial charge on any atom is 0.175 e. The summed E-state index contributed by atoms with van der Waals surface area (Å²) >= 11 is 0. The van der Waals surface area contributed by atoms with E-state index in [1.165, 1.54) is 48.9 Å². The highest BCUT2D eigenvalue weighted by molar-refractivity contribution is 5.86. The molecule has 0 unspecified atom stereocenters. The summed E-state index contributed by atoms with van der Waals surface area (Å²) in [5, 5.41) is 27.5. The minimum atomic E-state index is -0.303. The van der Waals surface area contributed by atoms with Gasteiger partial charge in [-0.1, -0.05) is 48.5 Å². The van der Waals surface area contributed by atoms with Crippen molar-refractivity contribution in [2.45, 2.75) is 0 Å². The summed E-state index contributed by atoms with van der Waals surface area (Å²) in [5.41, 5.74) is 6.97. The van der Waals surface area contributed by atoms with E-state index in [2.05, 4.69) is 0 Å². The molecular weight excluding hydrogens is 1340 g/mol. The number of hydrogen-bond donors (Lipinski definition) is 2. The van der Waals surface area contributed by atoms with Gasteiger partial charge in [-0.3, -0.25) is 0 Å². The Hall–Kier alpha value is -13.9. The van der Waals surface area contributed by atoms with Crippen molar-refractivity contribution < 1.29 is 90.9 Å². The van der Waals surface area contributed by atoms with Crippen LogP contribution in [0.4, 0.5) is 17.6 Å². The number of fused-ring (bicyclic) bond motifs is 10. The average Bonchev–Trinajstić information content (AvgIpc) is 1.66. The lowest BCUT2D eigenvalue weighted by atomic mass is 10.2. The molecule has 16 nitrogen and oxygen atoms in total. The standard InChI is InChI=1S/4C9H8O2.4C8H5FO.2C8H6O2/c1-10-8-2-3-9-7(6-8)4-5-11-9;1-10-8-3-2-7-4-5-11-9(7)6-8;1-10-8-3-2-4-9-7(8)5-6-11-9;1-10-8-4-2-3-7-5-6-11-9(7)8;9-7-1-2-8-6(5-7)3-4-10-8;9-7-2-1-6-3-4-10-8(6)5-7;9-7-2-1-3-8-6(7)4-5-10-8;9-7-3-1-2-6-4-5-10-8(6)7;9-7-2-1-6-3-4-10-8(6)5-7;9-7-3-1-2-6-4-5-10-8(6)7/h4*2-6H,1H3;4*1-5H;2*1-5,9H. The zero-order chi connectivity index (χ0) is 72.6. The summed E-state index contributed by atoms with van der Waals surface area (Å²) in [7, 11) is 6.59. The summed E-state index contributed by atoms with van der Waals surface area (Å²) in [5.74, 6) is 2.74. The van der Waals surface area contributed by atoms with E-state index in [1.54, 1.807) is 157 Å². The molecule has 0 bridgehead atoms. The first-order valence-electron chi connectivity index (χ1n) is 31.7. The van der Waals surface area contributed by atoms with E-state index in [4.69, 9.17) is 73.3 Å². The van der Waals surface area contributed by atoms with Gasteiger partial charge in [-0.2, -0.15) is 0 Å². The molecule has 0 aliphatic heterocycles. The fourth-order valence-corrected chi connectivity index (χ4v) is 10.1. The monoisotopic (exact) mass is 1400 g/mol. The van der Waals surface area contributed by atoms with E-state index in [1.807, 2.05) is 127 Å². The predicted molar refractivity (Wildman–Crippen MR) is 392 cm³/mol. The third kappa shape index (κ3) is 18.7. The van der Waals surface area contributed by atoms with Gasteiger partial charge in [-0.15, -0.1) is 0 Å². The molecule has 10 aromatic heterocycles. The first-order chi connectivity index (χ1) is 50.8. The van der Waals surface area contributed by atoms with E-state index in [-0.39, 0.29) is 34.8 Å². The molecule has 20 rings (SSSR count). The molecule has 0 saturated heterocycles. The van der Waals surface area contributed by atoms with E-state index in [0.717, 1.165) is 105 Å². The number of furan rings is 10. The molecule has 0 radical (unpaired) electrons. The average molecular weight is 1410 g/mol. The molecule has 0 aliphatic rings. The first-order valence-corrected chi connectivity index (χ1v) is 31.7. The van der Waals surface area contributed by atoms with E-state index in [9.17, 15) is 17.6 Å². The molecule has 20 heteroatoms. The number of rotatable bonds is 4. The number of ether oxygens (including phenoxy) is 4. The molecular formula is C84H64F4O16. The van der Waals surface area contributed by atoms with Gasteiger partial charge >= 0.3 is 0 Å². The lowest BCUT2D eigenvalue weighted by Crippen LogP contribution is -1.81. The van der Waals surface area contributed by atoms with Gasteiger partial charge in [0.25, 0.3) is 0 Å². The Balaban J connectivity index is 0.000000116. The van der Waals surface area contributed by atoms with E-state index < -0.39 is 0 Å². The number of benzene rings is 10. The Morgan fingerprint density at radius 3 is 1.28 bits per heavy atom. The minimum Gasteiger partial charge on any atom is -0.508 e. The third-order valence-electron chi connectivity index (χ3n) is 15.3. The van der Waals surface area contributed by atoms with Crippen molar-refractivity contribution in [2.24, 2.45) is 0 Å². The molecule has 0 saturated carbocycles. The van der Waals surface area contributed by atoms with Crippen LogP contribution in [0.1, 0.15) is 0 Å². The molecule has 104 heavy (non-hydrogen) atoms. The molecule has 10 aromatic carbocycles. The third-order valence-corrected chi connectivity index (χ3v) is 15.3. The van der Waals surface area contributed by atoms with Gasteiger partial charge in [0, 0.05) is 61.3 Å². The van der Waals surface area contributed by atoms with Crippen LogP contribution in [0.2, 0.25) is 0 Å². The van der Waals surface area contributed by atoms with Gasteiger partial charge in [-0.05, 0) is 176 Å². The van der Waals surface area contributed by atoms with Crippen molar-refractivity contribution in [3.8, 4) is 34.5 Å². The fourth-order valence-electron chi connectivity index (χ4n) is 10.1. The summed E-state index contributed by atoms with van der Waals surface area (Å²) in [6.45, 7) is 0. The predicted octanol–water partition coefficient (Wildman–Crippen LogP) is 24.3. The van der Waals surface area contributed by atoms with Gasteiger partial charge in [0.15, 0.2) is 34.1 Å². The second kappa shape index (κ2) is 35.2. The number of phenols is 2. The zero-order valence-corrected chi connectivity index (χ0v) is 56.0. The van der Waals surface area contributed by atoms with Gasteiger partial charge in [0.1, 0.15) is 79.5 Å². The van der Waals surface area contributed by atoms with Crippen LogP contribution in [0.15, 0.2) is 349 Å². The van der Waals surface area contributed by atoms with Crippen LogP contribution in [-0.2, 0) is 0 Å². The number of methoxy groups -OCH3 is 4. The Kier molecular flexibility index (Phi) is 24.2. The number of hydrogen-bond acceptors (Lipinski definition) is 16. The molecule has 524 valence electrons. The Labute approximate surface area is 589 Å². The van der Waals surface area contributed by atoms with Gasteiger partial charge < -0.3 is 73.3 Å². The number of halogens is 4. The summed E-state index contributed by atoms with van der Waals surface area (Å²) in [4.78, 5) is 0. The second-order valence-corrected chi connectivity index (χ2v) is 21.9. The Bertz CT molecular complexity index is 5480. The zero-order valence-electron chi connectivity index (χ0n) is 56.0. The van der Waals surface area contributed by atoms with Crippen LogP contribution in [-0.4, -0.2) is 38.7 Å². The molecule has 10 heterocycles. The smallest absolute Gasteiger partial charge is 0.175 e. The summed E-state index contributed by atoms with van der Waals surface area (Å²) in [6, 6.07) is 70.1. The van der Waals surface area contributed by atoms with Crippen LogP contribution in [0.5, 0.6) is 34.5 Å². The molecule has 0 fully saturated rings. The number of phenolic OH excluding ortho intramolecular Hbond substituents is 2. The Morgan fingerprint density at radius 1 is 0.250 bits per heavy atom. The van der Waals surface area contributed by atoms with E-state index >= 15 is 0 Å². The van der Waals surface area contributed by atoms with Crippen molar-refractivity contribution in [3.05, 3.63) is 329 Å². The minimum absolute atomic E-state index is 0.197. The molecule has 20 aromatic rings. The van der Waals surface area contributed by atoms with Crippen molar-refractivity contribution >= 4 is 110 Å². The number of aromatic hydroxyl groups is 2. The highest BCUT2D eigenvalue weighted by atomic mass is 19.1. The molecule has 0 amide bonds. The van der Waals surface area contributed by atoms with E-state index in [0.29, 0.717) is 27.7 Å². The van der Waals surface area contributed by atoms with Crippen LogP contribution >= 0.6 is 0 Å². The fraction of sp³-hybridized carbons (Fsp3) is 0.0476. The van der Waals surface area contributed by atoms with Crippen molar-refractivity contribution in [1.82, 2.24) is 0 Å². The first kappa shape index (κ1) is 71.4. The van der Waals surface area contributed by atoms with Gasteiger partial charge in [-0.25, -0.2) is 17.6 Å². The quantitative estimate of drug-likeness (QED) is 0.157. The molecule has 2 N–H and O–H groups in total. The van der Waals surface area contributed by atoms with Crippen molar-refractivity contribution in [1.29, 1.82) is 0 Å². The van der Waals surface area contributed by atoms with Gasteiger partial charge in [0.05, 0.1) is 102 Å². The number of para-hydroxylation sites is 3. The van der Waals surface area contributed by atoms with Crippen molar-refractivity contribution in [3.63, 3.8) is 0 Å². The largest absolute Gasteiger partial charge is 0.508 e. The maximum atomic E-state index is 12.8. The molecule has 0 aliphatic carbocycles. The lowest BCUT2D eigenvalue weighted by molar-refractivity contribution is 0.410. The molecule has 0 atom stereocenters. The Morgan fingerprint density at radius 2 is 0.654 bits per heavy atom. The van der Waals surface area contributed by atoms with Gasteiger partial charge in [0.2, 0.25) is 0 Å². The normalized spacial score (nSPS) is 10.4. The van der Waals surface area contributed by atoms with Crippen LogP contribution in [0.3, 0.4) is 0 Å². The topological polar surface area (TPSA) is 209 Å². The lowest BCUT2D eigenvalue weighted by Gasteiger charge is -1.98. The van der Waals surface area contributed by atoms with Crippen LogP contribution in [0, 0.1) is 23.3 Å². The highest BCUT2D eigenvalue weighted by Gasteiger charge is 2.07. The highest BCUT2D eigenvalue weighted by Crippen LogP contribution is 2.29. The summed E-state index contributed by atoms with van der Waals surface area (Å²) in [6.07, 6.45) is 15.9. The SMILES string of the molecule is COc1ccc2ccoc2c1.COc1ccc2occc2c1.COc1cccc2ccoc12.COc1cccc2occc12.Fc1ccc2ccoc2c1.Fc1ccc2occc2c1.Fc1cccc2ccoc12.Fc1cccc2occc12.Oc1ccc2ccoc2c1.Oc1cccc2ccoc12. The van der Waals surface area contributed by atoms with Crippen LogP contribution < -0.4 is 18.9 Å².